The minimum Gasteiger partial charge on any atom is -0.491 e. The van der Waals surface area contributed by atoms with Gasteiger partial charge in [0.05, 0.1) is 12.2 Å². The predicted octanol–water partition coefficient (Wildman–Crippen LogP) is 1.53. The molecule has 1 rings (SSSR count). The summed E-state index contributed by atoms with van der Waals surface area (Å²) in [7, 11) is 0. The lowest BCUT2D eigenvalue weighted by molar-refractivity contribution is -0.122. The van der Waals surface area contributed by atoms with Crippen LogP contribution >= 0.6 is 0 Å². The summed E-state index contributed by atoms with van der Waals surface area (Å²) in [6, 6.07) is 5.08. The fraction of sp³-hybridized carbons (Fsp3) is 0.471. The van der Waals surface area contributed by atoms with Crippen LogP contribution in [0.3, 0.4) is 0 Å². The Hall–Kier alpha value is -1.85. The molecule has 2 atom stereocenters. The average molecular weight is 306 g/mol. The lowest BCUT2D eigenvalue weighted by Gasteiger charge is -2.19. The first-order valence-electron chi connectivity index (χ1n) is 7.45. The van der Waals surface area contributed by atoms with Gasteiger partial charge in [-0.3, -0.25) is 10.1 Å². The molecule has 0 aliphatic carbocycles. The van der Waals surface area contributed by atoms with E-state index in [1.165, 1.54) is 6.92 Å². The van der Waals surface area contributed by atoms with Crippen molar-refractivity contribution >= 4 is 5.91 Å². The molecule has 5 heteroatoms. The zero-order valence-electron chi connectivity index (χ0n) is 13.5. The fourth-order valence-corrected chi connectivity index (χ4v) is 2.16. The maximum atomic E-state index is 11.3. The summed E-state index contributed by atoms with van der Waals surface area (Å²) in [5.74, 6) is 0.265. The molecule has 0 bridgehead atoms. The molecule has 0 saturated heterocycles. The molecule has 0 heterocycles. The number of carbonyl (C=O) groups excluding carboxylic acids is 1. The summed E-state index contributed by atoms with van der Waals surface area (Å²) < 4.78 is 5.77. The summed E-state index contributed by atoms with van der Waals surface area (Å²) >= 11 is 0. The molecule has 4 N–H and O–H groups in total. The van der Waals surface area contributed by atoms with Gasteiger partial charge in [0.1, 0.15) is 11.8 Å². The van der Waals surface area contributed by atoms with Crippen LogP contribution in [0, 0.1) is 0 Å². The highest BCUT2D eigenvalue weighted by Gasteiger charge is 2.20. The third-order valence-corrected chi connectivity index (χ3v) is 3.17. The molecule has 0 aliphatic rings. The summed E-state index contributed by atoms with van der Waals surface area (Å²) in [6.07, 6.45) is 1.78. The number of nitrogens with one attached hydrogen (secondary N) is 1. The molecule has 0 spiro atoms. The normalized spacial score (nSPS) is 13.7. The number of hydrogen-bond donors (Lipinski definition) is 3. The van der Waals surface area contributed by atoms with E-state index < -0.39 is 18.1 Å². The predicted molar refractivity (Wildman–Crippen MR) is 87.6 cm³/mol. The molecule has 0 unspecified atom stereocenters. The Labute approximate surface area is 132 Å². The number of allylic oxidation sites excluding steroid dienone is 1. The van der Waals surface area contributed by atoms with Crippen molar-refractivity contribution in [3.63, 3.8) is 0 Å². The van der Waals surface area contributed by atoms with Gasteiger partial charge >= 0.3 is 0 Å². The first-order chi connectivity index (χ1) is 10.3. The zero-order chi connectivity index (χ0) is 16.7. The molecule has 0 fully saturated rings. The largest absolute Gasteiger partial charge is 0.491 e. The topological polar surface area (TPSA) is 84.6 Å². The van der Waals surface area contributed by atoms with Crippen LogP contribution in [-0.4, -0.2) is 29.3 Å². The lowest BCUT2D eigenvalue weighted by Crippen LogP contribution is -2.47. The van der Waals surface area contributed by atoms with Crippen molar-refractivity contribution < 1.29 is 14.6 Å². The minimum absolute atomic E-state index is 0.0991. The quantitative estimate of drug-likeness (QED) is 0.604. The Morgan fingerprint density at radius 3 is 2.64 bits per heavy atom. The number of aliphatic hydroxyl groups excluding tert-OH is 1. The van der Waals surface area contributed by atoms with Gasteiger partial charge in [0.2, 0.25) is 5.91 Å². The van der Waals surface area contributed by atoms with Crippen LogP contribution in [0.1, 0.15) is 31.9 Å². The van der Waals surface area contributed by atoms with Crippen LogP contribution in [0.25, 0.3) is 0 Å². The first-order valence-corrected chi connectivity index (χ1v) is 7.45. The van der Waals surface area contributed by atoms with E-state index in [2.05, 4.69) is 11.9 Å². The van der Waals surface area contributed by atoms with Crippen molar-refractivity contribution in [3.05, 3.63) is 42.0 Å². The Balaban J connectivity index is 2.85. The molecule has 0 radical (unpaired) electrons. The lowest BCUT2D eigenvalue weighted by atomic mass is 10.1. The number of benzene rings is 1. The maximum absolute atomic E-state index is 11.3. The van der Waals surface area contributed by atoms with Gasteiger partial charge in [-0.2, -0.15) is 0 Å². The number of nitrogens with two attached hydrogens (primary N) is 1. The van der Waals surface area contributed by atoms with Crippen molar-refractivity contribution in [2.24, 2.45) is 5.73 Å². The van der Waals surface area contributed by atoms with Gasteiger partial charge < -0.3 is 15.6 Å². The highest BCUT2D eigenvalue weighted by molar-refractivity contribution is 5.80. The molecule has 1 aromatic carbocycles. The zero-order valence-corrected chi connectivity index (χ0v) is 13.5. The van der Waals surface area contributed by atoms with Crippen molar-refractivity contribution in [2.45, 2.75) is 52.0 Å². The van der Waals surface area contributed by atoms with Crippen LogP contribution in [0.15, 0.2) is 30.9 Å². The number of amides is 1. The van der Waals surface area contributed by atoms with E-state index in [9.17, 15) is 9.90 Å². The minimum atomic E-state index is -0.839. The molecule has 22 heavy (non-hydrogen) atoms. The number of aliphatic hydroxyl groups is 1. The highest BCUT2D eigenvalue weighted by Crippen LogP contribution is 2.22. The fourth-order valence-electron chi connectivity index (χ4n) is 2.16. The Kier molecular flexibility index (Phi) is 7.08. The van der Waals surface area contributed by atoms with Crippen molar-refractivity contribution in [1.82, 2.24) is 5.32 Å². The monoisotopic (exact) mass is 306 g/mol. The van der Waals surface area contributed by atoms with Crippen molar-refractivity contribution in [1.29, 1.82) is 0 Å². The smallest absolute Gasteiger partial charge is 0.237 e. The summed E-state index contributed by atoms with van der Waals surface area (Å²) in [4.78, 5) is 11.3. The second kappa shape index (κ2) is 8.56. The van der Waals surface area contributed by atoms with Crippen molar-refractivity contribution in [3.8, 4) is 5.75 Å². The van der Waals surface area contributed by atoms with Gasteiger partial charge in [0, 0.05) is 6.54 Å². The number of ether oxygens (including phenoxy) is 1. The molecule has 0 aliphatic heterocycles. The second-order valence-electron chi connectivity index (χ2n) is 5.60. The van der Waals surface area contributed by atoms with E-state index in [0.717, 1.165) is 16.9 Å². The summed E-state index contributed by atoms with van der Waals surface area (Å²) in [5, 5.41) is 12.5. The Morgan fingerprint density at radius 2 is 2.14 bits per heavy atom. The number of primary amides is 1. The molecule has 0 saturated carbocycles. The Morgan fingerprint density at radius 1 is 1.45 bits per heavy atom. The molecule has 122 valence electrons. The molecular formula is C17H26N2O3. The molecule has 1 aromatic rings. The first kappa shape index (κ1) is 18.2. The van der Waals surface area contributed by atoms with Gasteiger partial charge in [-0.25, -0.2) is 0 Å². The number of hydrogen-bond acceptors (Lipinski definition) is 4. The van der Waals surface area contributed by atoms with Gasteiger partial charge in [-0.15, -0.1) is 6.58 Å². The van der Waals surface area contributed by atoms with E-state index in [1.54, 1.807) is 0 Å². The van der Waals surface area contributed by atoms with Crippen LogP contribution in [-0.2, 0) is 17.8 Å². The molecule has 0 aromatic heterocycles. The van der Waals surface area contributed by atoms with Crippen LogP contribution < -0.4 is 15.8 Å². The number of carbonyl (C=O) groups is 1. The van der Waals surface area contributed by atoms with Crippen LogP contribution in [0.2, 0.25) is 0 Å². The van der Waals surface area contributed by atoms with E-state index in [1.807, 2.05) is 38.1 Å². The van der Waals surface area contributed by atoms with Gasteiger partial charge in [0.15, 0.2) is 0 Å². The second-order valence-corrected chi connectivity index (χ2v) is 5.60. The van der Waals surface area contributed by atoms with Crippen LogP contribution in [0.4, 0.5) is 0 Å². The van der Waals surface area contributed by atoms with Gasteiger partial charge in [0.25, 0.3) is 0 Å². The van der Waals surface area contributed by atoms with E-state index in [4.69, 9.17) is 10.5 Å². The van der Waals surface area contributed by atoms with E-state index >= 15 is 0 Å². The third-order valence-electron chi connectivity index (χ3n) is 3.17. The van der Waals surface area contributed by atoms with Crippen molar-refractivity contribution in [2.75, 3.05) is 0 Å². The standard InChI is InChI=1S/C17H26N2O3/c1-5-6-14-9-13(7-8-15(14)22-11(2)3)10-19-16(12(4)20)17(18)21/h5,7-9,11-12,16,19-20H,1,6,10H2,2-4H3,(H2,18,21)/t12-,16+/m1/s1. The third kappa shape index (κ3) is 5.50. The van der Waals surface area contributed by atoms with Gasteiger partial charge in [-0.1, -0.05) is 18.2 Å². The molecule has 5 nitrogen and oxygen atoms in total. The highest BCUT2D eigenvalue weighted by atomic mass is 16.5. The average Bonchev–Trinajstić information content (AvgIpc) is 2.40. The van der Waals surface area contributed by atoms with E-state index in [0.29, 0.717) is 13.0 Å². The SMILES string of the molecule is C=CCc1cc(CN[C@H](C(N)=O)[C@@H](C)O)ccc1OC(C)C. The Bertz CT molecular complexity index is 513. The molecular weight excluding hydrogens is 280 g/mol. The number of rotatable bonds is 9. The summed E-state index contributed by atoms with van der Waals surface area (Å²) in [5.41, 5.74) is 7.29. The molecule has 1 amide bonds. The maximum Gasteiger partial charge on any atom is 0.237 e. The van der Waals surface area contributed by atoms with E-state index in [-0.39, 0.29) is 6.10 Å². The van der Waals surface area contributed by atoms with Crippen LogP contribution in [0.5, 0.6) is 5.75 Å². The summed E-state index contributed by atoms with van der Waals surface area (Å²) in [6.45, 7) is 9.69. The van der Waals surface area contributed by atoms with Gasteiger partial charge in [-0.05, 0) is 44.4 Å².